The highest BCUT2D eigenvalue weighted by atomic mass is 31.2. The quantitative estimate of drug-likeness (QED) is 0.0197. The van der Waals surface area contributed by atoms with Gasteiger partial charge in [0, 0.05) is 19.3 Å². The highest BCUT2D eigenvalue weighted by Crippen LogP contribution is 2.43. The fourth-order valence-electron chi connectivity index (χ4n) is 7.08. The fraction of sp³-hybridized carbons (Fsp3) is 0.707. The summed E-state index contributed by atoms with van der Waals surface area (Å²) >= 11 is 0. The van der Waals surface area contributed by atoms with Crippen LogP contribution in [0.2, 0.25) is 0 Å². The number of rotatable bonds is 50. The van der Waals surface area contributed by atoms with Crippen molar-refractivity contribution in [3.63, 3.8) is 0 Å². The molecule has 0 aromatic carbocycles. The van der Waals surface area contributed by atoms with Gasteiger partial charge in [-0.25, -0.2) is 4.57 Å². The number of carbonyl (C=O) groups is 3. The zero-order valence-electron chi connectivity index (χ0n) is 44.2. The van der Waals surface area contributed by atoms with Crippen LogP contribution in [0.1, 0.15) is 226 Å². The van der Waals surface area contributed by atoms with Crippen molar-refractivity contribution in [3.8, 4) is 0 Å². The molecule has 0 rings (SSSR count). The van der Waals surface area contributed by atoms with Crippen LogP contribution in [0.25, 0.3) is 0 Å². The maximum atomic E-state index is 12.9. The molecule has 0 spiro atoms. The van der Waals surface area contributed by atoms with Crippen LogP contribution in [0.5, 0.6) is 0 Å². The maximum absolute atomic E-state index is 12.9. The van der Waals surface area contributed by atoms with Gasteiger partial charge in [0.25, 0.3) is 0 Å². The predicted molar refractivity (Wildman–Crippen MR) is 288 cm³/mol. The molecule has 0 aromatic heterocycles. The van der Waals surface area contributed by atoms with Crippen LogP contribution >= 0.6 is 7.82 Å². The molecule has 0 aliphatic rings. The van der Waals surface area contributed by atoms with Crippen molar-refractivity contribution in [2.45, 2.75) is 238 Å². The summed E-state index contributed by atoms with van der Waals surface area (Å²) in [5.41, 5.74) is 0. The van der Waals surface area contributed by atoms with Gasteiger partial charge in [-0.15, -0.1) is 0 Å². The van der Waals surface area contributed by atoms with Crippen molar-refractivity contribution in [1.82, 2.24) is 0 Å². The summed E-state index contributed by atoms with van der Waals surface area (Å²) in [4.78, 5) is 48.4. The first-order valence-electron chi connectivity index (χ1n) is 27.5. The molecule has 0 radical (unpaired) electrons. The molecule has 0 aliphatic heterocycles. The van der Waals surface area contributed by atoms with E-state index in [2.05, 4.69) is 106 Å². The highest BCUT2D eigenvalue weighted by molar-refractivity contribution is 7.47. The largest absolute Gasteiger partial charge is 0.472 e. The Morgan fingerprint density at radius 2 is 0.771 bits per heavy atom. The van der Waals surface area contributed by atoms with Crippen molar-refractivity contribution in [3.05, 3.63) is 85.1 Å². The summed E-state index contributed by atoms with van der Waals surface area (Å²) in [6, 6.07) is 0. The molecular formula is C58H99O11P. The molecule has 0 amide bonds. The minimum atomic E-state index is -4.76. The Bertz CT molecular complexity index is 1500. The first-order valence-corrected chi connectivity index (χ1v) is 29.0. The molecule has 0 saturated heterocycles. The minimum Gasteiger partial charge on any atom is -0.462 e. The number of esters is 3. The second-order valence-electron chi connectivity index (χ2n) is 18.0. The Morgan fingerprint density at radius 1 is 0.414 bits per heavy atom. The van der Waals surface area contributed by atoms with Crippen LogP contribution in [-0.4, -0.2) is 66.5 Å². The summed E-state index contributed by atoms with van der Waals surface area (Å²) < 4.78 is 39.4. The topological polar surface area (TPSA) is 155 Å². The standard InChI is InChI=1S/C58H99O11P/c1-4-7-10-13-16-19-22-25-27-30-32-35-38-41-44-47-56(60)65-51-55(69-58(62)49-46-43-40-37-34-31-28-26-23-20-17-14-11-8-5-2)53-67-70(63,64)66-52-54(50-59)68-57(61)48-45-42-39-36-33-29-24-21-18-15-12-9-6-3/h7,10,12,15-16,19,21,24-28,32,35,54-55,59H,4-6,8-9,11,13-14,17-18,20,22-23,29-31,33-34,36-53H2,1-3H3,(H,63,64)/b10-7-,15-12-,19-16-,24-21-,27-25-,28-26-,35-32-. The Balaban J connectivity index is 4.82. The average Bonchev–Trinajstić information content (AvgIpc) is 3.35. The molecule has 11 nitrogen and oxygen atoms in total. The third-order valence-electron chi connectivity index (χ3n) is 11.3. The first kappa shape index (κ1) is 66.7. The zero-order chi connectivity index (χ0) is 51.3. The lowest BCUT2D eigenvalue weighted by atomic mass is 10.1. The fourth-order valence-corrected chi connectivity index (χ4v) is 7.87. The molecule has 2 N–H and O–H groups in total. The number of phosphoric acid groups is 1. The number of carbonyl (C=O) groups excluding carboxylic acids is 3. The first-order chi connectivity index (χ1) is 34.2. The van der Waals surface area contributed by atoms with Crippen molar-refractivity contribution in [2.75, 3.05) is 26.4 Å². The molecule has 12 heteroatoms. The molecule has 0 heterocycles. The van der Waals surface area contributed by atoms with Crippen molar-refractivity contribution < 1.29 is 52.2 Å². The number of aliphatic hydroxyl groups is 1. The van der Waals surface area contributed by atoms with E-state index in [0.717, 1.165) is 128 Å². The third kappa shape index (κ3) is 49.6. The van der Waals surface area contributed by atoms with E-state index in [4.69, 9.17) is 23.3 Å². The molecular weight excluding hydrogens is 904 g/mol. The van der Waals surface area contributed by atoms with Crippen LogP contribution in [0, 0.1) is 0 Å². The number of hydrogen-bond acceptors (Lipinski definition) is 10. The van der Waals surface area contributed by atoms with Gasteiger partial charge in [-0.05, 0) is 109 Å². The van der Waals surface area contributed by atoms with E-state index in [9.17, 15) is 28.9 Å². The van der Waals surface area contributed by atoms with Crippen LogP contribution in [0.4, 0.5) is 0 Å². The summed E-state index contributed by atoms with van der Waals surface area (Å²) in [7, 11) is -4.76. The Morgan fingerprint density at radius 3 is 1.24 bits per heavy atom. The molecule has 0 aromatic rings. The molecule has 3 unspecified atom stereocenters. The van der Waals surface area contributed by atoms with Crippen LogP contribution in [0.3, 0.4) is 0 Å². The smallest absolute Gasteiger partial charge is 0.462 e. The minimum absolute atomic E-state index is 0.145. The maximum Gasteiger partial charge on any atom is 0.472 e. The average molecular weight is 1000 g/mol. The summed E-state index contributed by atoms with van der Waals surface area (Å²) in [5.74, 6) is -1.54. The Hall–Kier alpha value is -3.34. The molecule has 402 valence electrons. The zero-order valence-corrected chi connectivity index (χ0v) is 45.1. The number of unbranched alkanes of at least 4 members (excludes halogenated alkanes) is 19. The van der Waals surface area contributed by atoms with E-state index in [0.29, 0.717) is 19.3 Å². The summed E-state index contributed by atoms with van der Waals surface area (Å²) in [6.07, 6.45) is 58.3. The van der Waals surface area contributed by atoms with Crippen LogP contribution in [0.15, 0.2) is 85.1 Å². The van der Waals surface area contributed by atoms with Gasteiger partial charge < -0.3 is 24.2 Å². The molecule has 0 bridgehead atoms. The van der Waals surface area contributed by atoms with Gasteiger partial charge in [0.1, 0.15) is 12.7 Å². The molecule has 0 fully saturated rings. The summed E-state index contributed by atoms with van der Waals surface area (Å²) in [5, 5.41) is 9.79. The van der Waals surface area contributed by atoms with E-state index in [1.807, 2.05) is 0 Å². The van der Waals surface area contributed by atoms with Crippen molar-refractivity contribution >= 4 is 25.7 Å². The van der Waals surface area contributed by atoms with E-state index < -0.39 is 57.8 Å². The third-order valence-corrected chi connectivity index (χ3v) is 12.2. The van der Waals surface area contributed by atoms with Crippen LogP contribution in [-0.2, 0) is 42.2 Å². The number of aliphatic hydroxyl groups excluding tert-OH is 1. The van der Waals surface area contributed by atoms with Gasteiger partial charge in [0.05, 0.1) is 19.8 Å². The monoisotopic (exact) mass is 1000 g/mol. The Kier molecular flexibility index (Phi) is 49.5. The van der Waals surface area contributed by atoms with E-state index >= 15 is 0 Å². The van der Waals surface area contributed by atoms with Crippen LogP contribution < -0.4 is 0 Å². The predicted octanol–water partition coefficient (Wildman–Crippen LogP) is 15.9. The van der Waals surface area contributed by atoms with Gasteiger partial charge in [0.2, 0.25) is 0 Å². The van der Waals surface area contributed by atoms with Gasteiger partial charge in [-0.2, -0.15) is 0 Å². The van der Waals surface area contributed by atoms with Gasteiger partial charge in [0.15, 0.2) is 6.10 Å². The molecule has 3 atom stereocenters. The highest BCUT2D eigenvalue weighted by Gasteiger charge is 2.28. The number of hydrogen-bond donors (Lipinski definition) is 2. The Labute approximate surface area is 426 Å². The second kappa shape index (κ2) is 52.0. The normalized spacial score (nSPS) is 14.1. The van der Waals surface area contributed by atoms with E-state index in [-0.39, 0.29) is 25.9 Å². The van der Waals surface area contributed by atoms with E-state index in [1.54, 1.807) is 0 Å². The lowest BCUT2D eigenvalue weighted by molar-refractivity contribution is -0.161. The molecule has 0 saturated carbocycles. The van der Waals surface area contributed by atoms with Gasteiger partial charge in [-0.3, -0.25) is 23.4 Å². The lowest BCUT2D eigenvalue weighted by Crippen LogP contribution is -2.30. The van der Waals surface area contributed by atoms with E-state index in [1.165, 1.54) is 38.5 Å². The lowest BCUT2D eigenvalue weighted by Gasteiger charge is -2.21. The van der Waals surface area contributed by atoms with Gasteiger partial charge >= 0.3 is 25.7 Å². The number of ether oxygens (including phenoxy) is 3. The van der Waals surface area contributed by atoms with Crippen molar-refractivity contribution in [1.29, 1.82) is 0 Å². The number of phosphoric ester groups is 1. The number of allylic oxidation sites excluding steroid dienone is 14. The van der Waals surface area contributed by atoms with Crippen molar-refractivity contribution in [2.24, 2.45) is 0 Å². The SMILES string of the molecule is CC/C=C\C/C=C\C/C=C\C/C=C\CCCCC(=O)OCC(COP(=O)(O)OCC(CO)OC(=O)CCCCCCC/C=C\C/C=C\CCC)OC(=O)CCCCCCC/C=C\CCCCCCCC. The van der Waals surface area contributed by atoms with Gasteiger partial charge in [-0.1, -0.05) is 183 Å². The second-order valence-corrected chi connectivity index (χ2v) is 19.5. The molecule has 0 aliphatic carbocycles. The summed E-state index contributed by atoms with van der Waals surface area (Å²) in [6.45, 7) is 4.38. The molecule has 70 heavy (non-hydrogen) atoms.